The summed E-state index contributed by atoms with van der Waals surface area (Å²) in [5.74, 6) is 0.616. The van der Waals surface area contributed by atoms with Crippen LogP contribution in [-0.4, -0.2) is 27.5 Å². The first-order valence-corrected chi connectivity index (χ1v) is 11.4. The highest BCUT2D eigenvalue weighted by Crippen LogP contribution is 2.35. The van der Waals surface area contributed by atoms with Crippen LogP contribution in [-0.2, 0) is 11.4 Å². The molecular weight excluding hydrogens is 438 g/mol. The number of thioether (sulfide) groups is 1. The Morgan fingerprint density at radius 3 is 2.77 bits per heavy atom. The van der Waals surface area contributed by atoms with Gasteiger partial charge in [0.15, 0.2) is 5.17 Å². The van der Waals surface area contributed by atoms with Crippen LogP contribution in [0.4, 0.5) is 5.13 Å². The van der Waals surface area contributed by atoms with E-state index in [1.54, 1.807) is 11.1 Å². The van der Waals surface area contributed by atoms with E-state index in [1.165, 1.54) is 23.1 Å². The largest absolute Gasteiger partial charge is 0.488 e. The average Bonchev–Trinajstić information content (AvgIpc) is 3.36. The van der Waals surface area contributed by atoms with Crippen LogP contribution in [0.25, 0.3) is 6.08 Å². The Hall–Kier alpha value is -2.61. The molecule has 1 saturated heterocycles. The third-order valence-electron chi connectivity index (χ3n) is 4.36. The highest BCUT2D eigenvalue weighted by atomic mass is 35.5. The number of para-hydroxylation sites is 1. The summed E-state index contributed by atoms with van der Waals surface area (Å²) < 4.78 is 6.01. The molecule has 0 unspecified atom stereocenters. The summed E-state index contributed by atoms with van der Waals surface area (Å²) in [4.78, 5) is 23.9. The van der Waals surface area contributed by atoms with Crippen molar-refractivity contribution in [3.8, 4) is 5.75 Å². The van der Waals surface area contributed by atoms with Crippen LogP contribution in [0, 0.1) is 0 Å². The molecule has 1 aliphatic heterocycles. The molecule has 0 radical (unpaired) electrons. The quantitative estimate of drug-likeness (QED) is 0.428. The minimum atomic E-state index is -0.0706. The molecule has 5 nitrogen and oxygen atoms in total. The van der Waals surface area contributed by atoms with Gasteiger partial charge in [-0.1, -0.05) is 48.0 Å². The molecule has 0 bridgehead atoms. The van der Waals surface area contributed by atoms with Crippen LogP contribution >= 0.6 is 34.7 Å². The lowest BCUT2D eigenvalue weighted by molar-refractivity contribution is -0.122. The number of carbonyl (C=O) groups excluding carboxylic acids is 1. The lowest BCUT2D eigenvalue weighted by Crippen LogP contribution is -2.28. The molecule has 1 aromatic heterocycles. The van der Waals surface area contributed by atoms with E-state index in [2.05, 4.69) is 9.98 Å². The summed E-state index contributed by atoms with van der Waals surface area (Å²) >= 11 is 9.01. The van der Waals surface area contributed by atoms with Crippen molar-refractivity contribution in [2.24, 2.45) is 4.99 Å². The van der Waals surface area contributed by atoms with E-state index in [-0.39, 0.29) is 5.91 Å². The van der Waals surface area contributed by atoms with E-state index in [9.17, 15) is 4.79 Å². The maximum absolute atomic E-state index is 12.9. The van der Waals surface area contributed by atoms with Gasteiger partial charge in [-0.3, -0.25) is 9.69 Å². The molecule has 0 atom stereocenters. The zero-order valence-corrected chi connectivity index (χ0v) is 18.5. The number of likely N-dealkylation sites (N-methyl/N-ethyl adjacent to an activating group) is 1. The minimum Gasteiger partial charge on any atom is -0.488 e. The number of hydrogen-bond acceptors (Lipinski definition) is 6. The van der Waals surface area contributed by atoms with Gasteiger partial charge >= 0.3 is 0 Å². The highest BCUT2D eigenvalue weighted by molar-refractivity contribution is 8.18. The zero-order chi connectivity index (χ0) is 20.9. The van der Waals surface area contributed by atoms with Crippen LogP contribution < -0.4 is 4.74 Å². The van der Waals surface area contributed by atoms with Gasteiger partial charge in [-0.2, -0.15) is 4.99 Å². The second-order valence-electron chi connectivity index (χ2n) is 6.29. The molecule has 3 aromatic rings. The molecule has 0 saturated carbocycles. The molecule has 1 amide bonds. The SMILES string of the molecule is CCN1C(=O)/C(=C/c2ccccc2OCc2ccccc2Cl)S/C1=N/c1nccs1. The molecule has 152 valence electrons. The van der Waals surface area contributed by atoms with E-state index in [1.807, 2.05) is 66.9 Å². The number of thiazole rings is 1. The van der Waals surface area contributed by atoms with Crippen molar-refractivity contribution >= 4 is 57.0 Å². The molecule has 2 heterocycles. The number of rotatable bonds is 6. The number of amidine groups is 1. The number of aromatic nitrogens is 1. The maximum Gasteiger partial charge on any atom is 0.266 e. The number of amides is 1. The van der Waals surface area contributed by atoms with Gasteiger partial charge in [0.25, 0.3) is 5.91 Å². The van der Waals surface area contributed by atoms with Gasteiger partial charge in [-0.15, -0.1) is 11.3 Å². The molecule has 30 heavy (non-hydrogen) atoms. The Bertz CT molecular complexity index is 1110. The smallest absolute Gasteiger partial charge is 0.266 e. The van der Waals surface area contributed by atoms with Gasteiger partial charge in [-0.05, 0) is 36.9 Å². The number of carbonyl (C=O) groups is 1. The van der Waals surface area contributed by atoms with Crippen LogP contribution in [0.15, 0.2) is 70.0 Å². The predicted octanol–water partition coefficient (Wildman–Crippen LogP) is 6.00. The summed E-state index contributed by atoms with van der Waals surface area (Å²) in [5, 5.41) is 3.80. The summed E-state index contributed by atoms with van der Waals surface area (Å²) in [7, 11) is 0. The number of aliphatic imine (C=N–C) groups is 1. The van der Waals surface area contributed by atoms with E-state index >= 15 is 0 Å². The summed E-state index contributed by atoms with van der Waals surface area (Å²) in [6.07, 6.45) is 3.55. The third kappa shape index (κ3) is 4.59. The van der Waals surface area contributed by atoms with Crippen molar-refractivity contribution < 1.29 is 9.53 Å². The molecule has 0 aliphatic carbocycles. The second kappa shape index (κ2) is 9.47. The maximum atomic E-state index is 12.9. The Balaban J connectivity index is 1.59. The summed E-state index contributed by atoms with van der Waals surface area (Å²) in [5.41, 5.74) is 1.73. The van der Waals surface area contributed by atoms with Crippen molar-refractivity contribution in [1.82, 2.24) is 9.88 Å². The molecule has 1 fully saturated rings. The van der Waals surface area contributed by atoms with E-state index in [0.717, 1.165) is 11.1 Å². The molecule has 1 aliphatic rings. The van der Waals surface area contributed by atoms with Crippen molar-refractivity contribution in [2.75, 3.05) is 6.54 Å². The second-order valence-corrected chi connectivity index (χ2v) is 8.58. The van der Waals surface area contributed by atoms with E-state index in [4.69, 9.17) is 16.3 Å². The molecule has 0 spiro atoms. The Morgan fingerprint density at radius 1 is 1.20 bits per heavy atom. The van der Waals surface area contributed by atoms with Crippen molar-refractivity contribution in [2.45, 2.75) is 13.5 Å². The van der Waals surface area contributed by atoms with Gasteiger partial charge in [0.2, 0.25) is 5.13 Å². The standard InChI is InChI=1S/C22H18ClN3O2S2/c1-2-26-20(27)19(30-22(26)25-21-24-11-12-29-21)13-15-7-4-6-10-18(15)28-14-16-8-3-5-9-17(16)23/h3-13H,2,14H2,1H3/b19-13-,25-22+. The normalized spacial score (nSPS) is 16.6. The monoisotopic (exact) mass is 455 g/mol. The Morgan fingerprint density at radius 2 is 2.00 bits per heavy atom. The highest BCUT2D eigenvalue weighted by Gasteiger charge is 2.32. The zero-order valence-electron chi connectivity index (χ0n) is 16.1. The first-order valence-electron chi connectivity index (χ1n) is 9.30. The number of nitrogens with zero attached hydrogens (tertiary/aromatic N) is 3. The number of halogens is 1. The lowest BCUT2D eigenvalue weighted by Gasteiger charge is -2.11. The van der Waals surface area contributed by atoms with Crippen molar-refractivity contribution in [1.29, 1.82) is 0 Å². The van der Waals surface area contributed by atoms with Crippen molar-refractivity contribution in [3.05, 3.63) is 81.2 Å². The summed E-state index contributed by atoms with van der Waals surface area (Å²) in [6.45, 7) is 2.82. The van der Waals surface area contributed by atoms with Gasteiger partial charge in [0, 0.05) is 34.3 Å². The molecular formula is C22H18ClN3O2S2. The Labute approximate surface area is 188 Å². The number of ether oxygens (including phenoxy) is 1. The molecule has 2 aromatic carbocycles. The fourth-order valence-electron chi connectivity index (χ4n) is 2.87. The predicted molar refractivity (Wildman–Crippen MR) is 124 cm³/mol. The van der Waals surface area contributed by atoms with Crippen molar-refractivity contribution in [3.63, 3.8) is 0 Å². The van der Waals surface area contributed by atoms with Gasteiger partial charge in [0.1, 0.15) is 12.4 Å². The van der Waals surface area contributed by atoms with Crippen LogP contribution in [0.5, 0.6) is 5.75 Å². The fourth-order valence-corrected chi connectivity index (χ4v) is 4.65. The van der Waals surface area contributed by atoms with E-state index < -0.39 is 0 Å². The van der Waals surface area contributed by atoms with Crippen LogP contribution in [0.3, 0.4) is 0 Å². The van der Waals surface area contributed by atoms with E-state index in [0.29, 0.717) is 39.1 Å². The third-order valence-corrected chi connectivity index (χ3v) is 6.40. The number of benzene rings is 2. The first-order chi connectivity index (χ1) is 14.7. The van der Waals surface area contributed by atoms with Crippen LogP contribution in [0.2, 0.25) is 5.02 Å². The number of hydrogen-bond donors (Lipinski definition) is 0. The molecule has 4 rings (SSSR count). The van der Waals surface area contributed by atoms with Gasteiger partial charge in [0.05, 0.1) is 4.91 Å². The van der Waals surface area contributed by atoms with Gasteiger partial charge in [-0.25, -0.2) is 4.98 Å². The van der Waals surface area contributed by atoms with Crippen LogP contribution in [0.1, 0.15) is 18.1 Å². The summed E-state index contributed by atoms with van der Waals surface area (Å²) in [6, 6.07) is 15.2. The topological polar surface area (TPSA) is 54.8 Å². The fraction of sp³-hybridized carbons (Fsp3) is 0.136. The lowest BCUT2D eigenvalue weighted by atomic mass is 10.1. The average molecular weight is 456 g/mol. The van der Waals surface area contributed by atoms with Gasteiger partial charge < -0.3 is 4.74 Å². The Kier molecular flexibility index (Phi) is 6.52. The molecule has 8 heteroatoms. The minimum absolute atomic E-state index is 0.0706. The molecule has 0 N–H and O–H groups in total. The first kappa shape index (κ1) is 20.7.